The molecular formula is C33H31FN8O3S. The van der Waals surface area contributed by atoms with Crippen molar-refractivity contribution in [2.75, 3.05) is 17.3 Å². The number of pyridine rings is 3. The Hall–Kier alpha value is -5.04. The fraction of sp³-hybridized carbons (Fsp3) is 0.273. The van der Waals surface area contributed by atoms with E-state index in [0.29, 0.717) is 56.1 Å². The molecule has 1 aromatic carbocycles. The van der Waals surface area contributed by atoms with Gasteiger partial charge in [0.2, 0.25) is 5.91 Å². The summed E-state index contributed by atoms with van der Waals surface area (Å²) < 4.78 is 38.0. The molecule has 0 radical (unpaired) electrons. The molecule has 3 N–H and O–H groups in total. The number of carbonyl (C=O) groups is 1. The van der Waals surface area contributed by atoms with Crippen LogP contribution in [0.5, 0.6) is 0 Å². The summed E-state index contributed by atoms with van der Waals surface area (Å²) in [5.41, 5.74) is 6.13. The van der Waals surface area contributed by atoms with E-state index in [4.69, 9.17) is 4.98 Å². The van der Waals surface area contributed by atoms with E-state index in [1.807, 2.05) is 12.1 Å². The van der Waals surface area contributed by atoms with Gasteiger partial charge in [-0.05, 0) is 60.7 Å². The van der Waals surface area contributed by atoms with Crippen molar-refractivity contribution in [1.82, 2.24) is 35.1 Å². The second-order valence-corrected chi connectivity index (χ2v) is 14.1. The number of aromatic nitrogens is 7. The van der Waals surface area contributed by atoms with E-state index in [9.17, 15) is 17.6 Å². The lowest BCUT2D eigenvalue weighted by atomic mass is 9.88. The molecule has 0 aliphatic heterocycles. The molecular weight excluding hydrogens is 607 g/mol. The van der Waals surface area contributed by atoms with Gasteiger partial charge in [0.25, 0.3) is 0 Å². The smallest absolute Gasteiger partial charge is 0.227 e. The second-order valence-electron chi connectivity index (χ2n) is 11.9. The highest BCUT2D eigenvalue weighted by molar-refractivity contribution is 7.90. The number of anilines is 1. The first-order valence-corrected chi connectivity index (χ1v) is 17.2. The molecule has 1 saturated carbocycles. The van der Waals surface area contributed by atoms with Crippen molar-refractivity contribution in [3.63, 3.8) is 0 Å². The molecule has 46 heavy (non-hydrogen) atoms. The third-order valence-corrected chi connectivity index (χ3v) is 9.33. The molecule has 1 amide bonds. The summed E-state index contributed by atoms with van der Waals surface area (Å²) in [6, 6.07) is 10.1. The standard InChI is InChI=1S/C33H31FN8O3S/c1-46(44,45)10-8-19-11-21(13-24(34)12-19)26-7-9-36-31-28(26)39-32(40-31)29-27-15-23(17-37-30(27)42-41-29)22-14-25(18-35-16-22)38-33(43)20-5-3-2-4-6-20/h7,9,11-18,20H,2-6,8,10H2,1H3,(H,38,43)(H,36,39,40)(H,37,41,42). The number of H-pyrrole nitrogens is 2. The maximum atomic E-state index is 14.7. The van der Waals surface area contributed by atoms with Crippen LogP contribution >= 0.6 is 0 Å². The van der Waals surface area contributed by atoms with Crippen molar-refractivity contribution < 1.29 is 17.6 Å². The van der Waals surface area contributed by atoms with E-state index in [0.717, 1.165) is 43.1 Å². The maximum Gasteiger partial charge on any atom is 0.227 e. The summed E-state index contributed by atoms with van der Waals surface area (Å²) in [6.07, 6.45) is 13.2. The van der Waals surface area contributed by atoms with Gasteiger partial charge in [-0.2, -0.15) is 5.10 Å². The monoisotopic (exact) mass is 638 g/mol. The van der Waals surface area contributed by atoms with E-state index in [1.165, 1.54) is 18.6 Å². The van der Waals surface area contributed by atoms with Crippen molar-refractivity contribution in [1.29, 1.82) is 0 Å². The van der Waals surface area contributed by atoms with Crippen LogP contribution in [0.1, 0.15) is 37.7 Å². The predicted molar refractivity (Wildman–Crippen MR) is 174 cm³/mol. The minimum Gasteiger partial charge on any atom is -0.335 e. The van der Waals surface area contributed by atoms with E-state index in [2.05, 4.69) is 35.5 Å². The van der Waals surface area contributed by atoms with Gasteiger partial charge in [-0.3, -0.25) is 14.9 Å². The van der Waals surface area contributed by atoms with Crippen LogP contribution in [0.15, 0.2) is 61.2 Å². The third-order valence-electron chi connectivity index (χ3n) is 8.38. The normalized spacial score (nSPS) is 14.2. The van der Waals surface area contributed by atoms with Crippen LogP contribution < -0.4 is 5.32 Å². The Balaban J connectivity index is 1.21. The predicted octanol–water partition coefficient (Wildman–Crippen LogP) is 5.87. The van der Waals surface area contributed by atoms with Crippen LogP contribution in [0.3, 0.4) is 0 Å². The molecule has 0 spiro atoms. The summed E-state index contributed by atoms with van der Waals surface area (Å²) >= 11 is 0. The van der Waals surface area contributed by atoms with Gasteiger partial charge >= 0.3 is 0 Å². The molecule has 1 aliphatic carbocycles. The first kappa shape index (κ1) is 29.7. The zero-order valence-corrected chi connectivity index (χ0v) is 25.9. The third kappa shape index (κ3) is 6.23. The number of nitrogens with one attached hydrogen (secondary N) is 3. The molecule has 6 aromatic rings. The lowest BCUT2D eigenvalue weighted by molar-refractivity contribution is -0.120. The average Bonchev–Trinajstić information content (AvgIpc) is 3.68. The number of carbonyl (C=O) groups excluding carboxylic acids is 1. The first-order chi connectivity index (χ1) is 22.2. The number of nitrogens with zero attached hydrogens (tertiary/aromatic N) is 5. The van der Waals surface area contributed by atoms with Crippen LogP contribution in [-0.2, 0) is 21.1 Å². The lowest BCUT2D eigenvalue weighted by Crippen LogP contribution is -2.24. The zero-order chi connectivity index (χ0) is 31.8. The van der Waals surface area contributed by atoms with Crippen molar-refractivity contribution in [3.05, 3.63) is 72.6 Å². The van der Waals surface area contributed by atoms with E-state index < -0.39 is 15.7 Å². The quantitative estimate of drug-likeness (QED) is 0.187. The van der Waals surface area contributed by atoms with E-state index in [-0.39, 0.29) is 24.0 Å². The van der Waals surface area contributed by atoms with Gasteiger partial charge in [0.1, 0.15) is 21.3 Å². The van der Waals surface area contributed by atoms with Gasteiger partial charge in [0, 0.05) is 47.5 Å². The fourth-order valence-electron chi connectivity index (χ4n) is 6.04. The number of hydrogen-bond donors (Lipinski definition) is 3. The second kappa shape index (κ2) is 12.0. The number of halogens is 1. The summed E-state index contributed by atoms with van der Waals surface area (Å²) in [6.45, 7) is 0. The Labute approximate surface area is 264 Å². The van der Waals surface area contributed by atoms with Crippen LogP contribution in [0.2, 0.25) is 0 Å². The Morgan fingerprint density at radius 2 is 1.80 bits per heavy atom. The van der Waals surface area contributed by atoms with Crippen molar-refractivity contribution in [3.8, 4) is 33.8 Å². The number of aryl methyl sites for hydroxylation is 1. The molecule has 5 aromatic heterocycles. The molecule has 0 atom stereocenters. The highest BCUT2D eigenvalue weighted by Crippen LogP contribution is 2.33. The zero-order valence-electron chi connectivity index (χ0n) is 25.0. The molecule has 13 heteroatoms. The summed E-state index contributed by atoms with van der Waals surface area (Å²) in [5.74, 6) is -0.00215. The summed E-state index contributed by atoms with van der Waals surface area (Å²) in [7, 11) is -3.20. The van der Waals surface area contributed by atoms with Crippen molar-refractivity contribution in [2.45, 2.75) is 38.5 Å². The average molecular weight is 639 g/mol. The number of imidazole rings is 1. The molecule has 0 unspecified atom stereocenters. The molecule has 0 bridgehead atoms. The van der Waals surface area contributed by atoms with Crippen LogP contribution in [0.4, 0.5) is 10.1 Å². The fourth-order valence-corrected chi connectivity index (χ4v) is 6.64. The molecule has 0 saturated heterocycles. The van der Waals surface area contributed by atoms with Gasteiger partial charge < -0.3 is 10.3 Å². The number of aromatic amines is 2. The van der Waals surface area contributed by atoms with Crippen LogP contribution in [0, 0.1) is 11.7 Å². The Morgan fingerprint density at radius 3 is 2.63 bits per heavy atom. The largest absolute Gasteiger partial charge is 0.335 e. The summed E-state index contributed by atoms with van der Waals surface area (Å²) in [5, 5.41) is 11.1. The van der Waals surface area contributed by atoms with Crippen molar-refractivity contribution in [2.24, 2.45) is 5.92 Å². The van der Waals surface area contributed by atoms with Gasteiger partial charge in [-0.25, -0.2) is 27.8 Å². The maximum absolute atomic E-state index is 14.7. The molecule has 5 heterocycles. The minimum absolute atomic E-state index is 0.0329. The Kier molecular flexibility index (Phi) is 7.77. The highest BCUT2D eigenvalue weighted by atomic mass is 32.2. The molecule has 7 rings (SSSR count). The number of hydrogen-bond acceptors (Lipinski definition) is 8. The highest BCUT2D eigenvalue weighted by Gasteiger charge is 2.22. The van der Waals surface area contributed by atoms with Gasteiger partial charge in [-0.1, -0.05) is 25.3 Å². The lowest BCUT2D eigenvalue weighted by Gasteiger charge is -2.20. The molecule has 11 nitrogen and oxygen atoms in total. The molecule has 234 valence electrons. The van der Waals surface area contributed by atoms with Gasteiger partial charge in [-0.15, -0.1) is 0 Å². The minimum atomic E-state index is -3.20. The van der Waals surface area contributed by atoms with Gasteiger partial charge in [0.05, 0.1) is 28.5 Å². The van der Waals surface area contributed by atoms with Crippen molar-refractivity contribution >= 4 is 43.6 Å². The number of benzene rings is 1. The number of amides is 1. The Morgan fingerprint density at radius 1 is 0.978 bits per heavy atom. The Bertz CT molecular complexity index is 2210. The topological polar surface area (TPSA) is 159 Å². The molecule has 1 fully saturated rings. The van der Waals surface area contributed by atoms with Crippen LogP contribution in [-0.4, -0.2) is 61.5 Å². The van der Waals surface area contributed by atoms with E-state index >= 15 is 0 Å². The summed E-state index contributed by atoms with van der Waals surface area (Å²) in [4.78, 5) is 34.2. The first-order valence-electron chi connectivity index (χ1n) is 15.1. The number of sulfone groups is 1. The SMILES string of the molecule is CS(=O)(=O)CCc1cc(F)cc(-c2ccnc3nc(-c4[nH]nc5ncc(-c6cncc(NC(=O)C7CCCCC7)c6)cc45)[nH]c23)c1. The number of rotatable bonds is 8. The molecule has 1 aliphatic rings. The van der Waals surface area contributed by atoms with Crippen LogP contribution in [0.25, 0.3) is 56.0 Å². The number of fused-ring (bicyclic) bond motifs is 2. The van der Waals surface area contributed by atoms with E-state index in [1.54, 1.807) is 36.9 Å². The van der Waals surface area contributed by atoms with Gasteiger partial charge in [0.15, 0.2) is 17.1 Å².